The largest absolute Gasteiger partial charge is 0.480 e. The number of urea groups is 1. The van der Waals surface area contributed by atoms with Crippen molar-refractivity contribution in [3.05, 3.63) is 0 Å². The van der Waals surface area contributed by atoms with Crippen LogP contribution >= 0.6 is 0 Å². The van der Waals surface area contributed by atoms with Gasteiger partial charge in [-0.25, -0.2) is 9.59 Å². The van der Waals surface area contributed by atoms with E-state index in [4.69, 9.17) is 5.73 Å². The molecule has 0 aromatic carbocycles. The molecule has 0 radical (unpaired) electrons. The van der Waals surface area contributed by atoms with Gasteiger partial charge in [0.25, 0.3) is 0 Å². The van der Waals surface area contributed by atoms with E-state index in [1.165, 1.54) is 109 Å². The third-order valence-electron chi connectivity index (χ3n) is 6.86. The summed E-state index contributed by atoms with van der Waals surface area (Å²) in [6.07, 6.45) is 27.4. The number of aliphatic carboxylic acids is 1. The summed E-state index contributed by atoms with van der Waals surface area (Å²) in [5, 5.41) is 14.2. The molecule has 0 fully saturated rings. The SMILES string of the molecule is CCCCCCCCCCCCCCCCCCCCCCC(=O)N[C@@H](CCCNC(N)=O)C(=O)O. The number of hydrogen-bond donors (Lipinski definition) is 4. The highest BCUT2D eigenvalue weighted by Crippen LogP contribution is 2.15. The van der Waals surface area contributed by atoms with E-state index in [0.717, 1.165) is 19.3 Å². The van der Waals surface area contributed by atoms with Gasteiger partial charge >= 0.3 is 12.0 Å². The van der Waals surface area contributed by atoms with Crippen LogP contribution in [-0.4, -0.2) is 35.6 Å². The van der Waals surface area contributed by atoms with Gasteiger partial charge in [0.1, 0.15) is 6.04 Å². The van der Waals surface area contributed by atoms with Gasteiger partial charge in [0.2, 0.25) is 5.91 Å². The lowest BCUT2D eigenvalue weighted by Gasteiger charge is -2.14. The molecule has 0 unspecified atom stereocenters. The van der Waals surface area contributed by atoms with E-state index in [9.17, 15) is 19.5 Å². The van der Waals surface area contributed by atoms with Crippen molar-refractivity contribution in [2.45, 2.75) is 161 Å². The predicted octanol–water partition coefficient (Wildman–Crippen LogP) is 7.22. The van der Waals surface area contributed by atoms with E-state index < -0.39 is 18.0 Å². The second kappa shape index (κ2) is 26.3. The fourth-order valence-electron chi connectivity index (χ4n) is 4.58. The Bertz CT molecular complexity index is 543. The van der Waals surface area contributed by atoms with Gasteiger partial charge in [-0.2, -0.15) is 0 Å². The first-order chi connectivity index (χ1) is 17.5. The minimum absolute atomic E-state index is 0.215. The van der Waals surface area contributed by atoms with Crippen LogP contribution in [0.5, 0.6) is 0 Å². The Balaban J connectivity index is 3.40. The van der Waals surface area contributed by atoms with Crippen LogP contribution in [-0.2, 0) is 9.59 Å². The van der Waals surface area contributed by atoms with Gasteiger partial charge < -0.3 is 21.5 Å². The average Bonchev–Trinajstić information content (AvgIpc) is 2.84. The smallest absolute Gasteiger partial charge is 0.326 e. The number of primary amides is 1. The zero-order valence-electron chi connectivity index (χ0n) is 23.3. The number of carbonyl (C=O) groups is 3. The molecule has 0 aromatic rings. The average molecular weight is 512 g/mol. The van der Waals surface area contributed by atoms with Crippen LogP contribution in [0.1, 0.15) is 155 Å². The van der Waals surface area contributed by atoms with Crippen LogP contribution in [0.2, 0.25) is 0 Å². The molecule has 0 bridgehead atoms. The molecule has 0 aromatic heterocycles. The highest BCUT2D eigenvalue weighted by molar-refractivity contribution is 5.83. The first kappa shape index (κ1) is 34.2. The molecule has 1 atom stereocenters. The summed E-state index contributed by atoms with van der Waals surface area (Å²) in [6.45, 7) is 2.58. The van der Waals surface area contributed by atoms with E-state index in [1.54, 1.807) is 0 Å². The number of amides is 3. The highest BCUT2D eigenvalue weighted by atomic mass is 16.4. The molecule has 212 valence electrons. The van der Waals surface area contributed by atoms with Crippen molar-refractivity contribution >= 4 is 17.9 Å². The molecular weight excluding hydrogens is 454 g/mol. The lowest BCUT2D eigenvalue weighted by Crippen LogP contribution is -2.41. The summed E-state index contributed by atoms with van der Waals surface area (Å²) >= 11 is 0. The van der Waals surface area contributed by atoms with Crippen molar-refractivity contribution in [1.82, 2.24) is 10.6 Å². The Morgan fingerprint density at radius 1 is 0.639 bits per heavy atom. The molecule has 0 aliphatic heterocycles. The van der Waals surface area contributed by atoms with E-state index in [1.807, 2.05) is 0 Å². The summed E-state index contributed by atoms with van der Waals surface area (Å²) in [6, 6.07) is -1.55. The molecule has 3 amide bonds. The number of carboxylic acid groups (broad SMARTS) is 1. The zero-order valence-corrected chi connectivity index (χ0v) is 23.3. The molecule has 36 heavy (non-hydrogen) atoms. The molecule has 0 aliphatic carbocycles. The Hall–Kier alpha value is -1.79. The maximum Gasteiger partial charge on any atom is 0.326 e. The summed E-state index contributed by atoms with van der Waals surface area (Å²) in [5.41, 5.74) is 4.98. The zero-order chi connectivity index (χ0) is 26.7. The number of hydrogen-bond acceptors (Lipinski definition) is 3. The molecular formula is C29H57N3O4. The van der Waals surface area contributed by atoms with Crippen LogP contribution < -0.4 is 16.4 Å². The monoisotopic (exact) mass is 511 g/mol. The lowest BCUT2D eigenvalue weighted by molar-refractivity contribution is -0.142. The van der Waals surface area contributed by atoms with Crippen LogP contribution in [0.25, 0.3) is 0 Å². The molecule has 0 rings (SSSR count). The maximum absolute atomic E-state index is 12.0. The number of carboxylic acids is 1. The second-order valence-electron chi connectivity index (χ2n) is 10.4. The Morgan fingerprint density at radius 3 is 1.39 bits per heavy atom. The van der Waals surface area contributed by atoms with Crippen LogP contribution in [0, 0.1) is 0 Å². The van der Waals surface area contributed by atoms with Crippen molar-refractivity contribution in [1.29, 1.82) is 0 Å². The maximum atomic E-state index is 12.0. The topological polar surface area (TPSA) is 122 Å². The van der Waals surface area contributed by atoms with Gasteiger partial charge in [-0.3, -0.25) is 4.79 Å². The van der Waals surface area contributed by atoms with Crippen molar-refractivity contribution in [3.8, 4) is 0 Å². The number of carbonyl (C=O) groups excluding carboxylic acids is 2. The molecule has 0 heterocycles. The van der Waals surface area contributed by atoms with Crippen LogP contribution in [0.3, 0.4) is 0 Å². The van der Waals surface area contributed by atoms with Crippen LogP contribution in [0.15, 0.2) is 0 Å². The van der Waals surface area contributed by atoms with Gasteiger partial charge in [-0.15, -0.1) is 0 Å². The minimum atomic E-state index is -1.05. The molecule has 0 saturated carbocycles. The van der Waals surface area contributed by atoms with E-state index in [-0.39, 0.29) is 12.3 Å². The van der Waals surface area contributed by atoms with Crippen molar-refractivity contribution < 1.29 is 19.5 Å². The van der Waals surface area contributed by atoms with Crippen LogP contribution in [0.4, 0.5) is 4.79 Å². The first-order valence-corrected chi connectivity index (χ1v) is 15.0. The summed E-state index contributed by atoms with van der Waals surface area (Å²) in [5.74, 6) is -1.27. The fourth-order valence-corrected chi connectivity index (χ4v) is 4.58. The van der Waals surface area contributed by atoms with E-state index in [2.05, 4.69) is 17.6 Å². The summed E-state index contributed by atoms with van der Waals surface area (Å²) in [4.78, 5) is 34.0. The van der Waals surface area contributed by atoms with Gasteiger partial charge in [-0.05, 0) is 19.3 Å². The van der Waals surface area contributed by atoms with E-state index >= 15 is 0 Å². The van der Waals surface area contributed by atoms with Gasteiger partial charge in [0.05, 0.1) is 0 Å². The number of unbranched alkanes of at least 4 members (excludes halogenated alkanes) is 19. The van der Waals surface area contributed by atoms with Crippen molar-refractivity contribution in [3.63, 3.8) is 0 Å². The summed E-state index contributed by atoms with van der Waals surface area (Å²) in [7, 11) is 0. The third kappa shape index (κ3) is 25.3. The van der Waals surface area contributed by atoms with Gasteiger partial charge in [0.15, 0.2) is 0 Å². The molecule has 0 saturated heterocycles. The fraction of sp³-hybridized carbons (Fsp3) is 0.897. The molecule has 0 aliphatic rings. The predicted molar refractivity (Wildman–Crippen MR) is 149 cm³/mol. The second-order valence-corrected chi connectivity index (χ2v) is 10.4. The Labute approximate surface area is 221 Å². The molecule has 7 nitrogen and oxygen atoms in total. The van der Waals surface area contributed by atoms with E-state index in [0.29, 0.717) is 19.4 Å². The standard InChI is InChI=1S/C29H57N3O4/c1-2-3-4-5-6-7-8-9-10-11-12-13-14-15-16-17-18-19-20-21-24-27(33)32-26(28(34)35)23-22-25-31-29(30)36/h26H,2-25H2,1H3,(H,32,33)(H,34,35)(H3,30,31,36)/t26-/m0/s1. The Kier molecular flexibility index (Phi) is 25.0. The molecule has 7 heteroatoms. The molecule has 5 N–H and O–H groups in total. The van der Waals surface area contributed by atoms with Crippen molar-refractivity contribution in [2.24, 2.45) is 5.73 Å². The molecule has 0 spiro atoms. The van der Waals surface area contributed by atoms with Gasteiger partial charge in [0, 0.05) is 13.0 Å². The number of rotatable bonds is 27. The number of nitrogens with one attached hydrogen (secondary N) is 2. The van der Waals surface area contributed by atoms with Gasteiger partial charge in [-0.1, -0.05) is 129 Å². The summed E-state index contributed by atoms with van der Waals surface area (Å²) < 4.78 is 0. The minimum Gasteiger partial charge on any atom is -0.480 e. The lowest BCUT2D eigenvalue weighted by atomic mass is 10.0. The normalized spacial score (nSPS) is 11.8. The number of nitrogens with two attached hydrogens (primary N) is 1. The van der Waals surface area contributed by atoms with Crippen molar-refractivity contribution in [2.75, 3.05) is 6.54 Å². The third-order valence-corrected chi connectivity index (χ3v) is 6.86. The first-order valence-electron chi connectivity index (χ1n) is 15.0. The quantitative estimate of drug-likeness (QED) is 0.0870. The Morgan fingerprint density at radius 2 is 1.03 bits per heavy atom. The highest BCUT2D eigenvalue weighted by Gasteiger charge is 2.19.